The quantitative estimate of drug-likeness (QED) is 0.260. The molecule has 0 aliphatic rings. The second kappa shape index (κ2) is 11.7. The summed E-state index contributed by atoms with van der Waals surface area (Å²) in [7, 11) is 0. The number of nitrogens with zero attached hydrogens (tertiary/aromatic N) is 2. The van der Waals surface area contributed by atoms with Crippen molar-refractivity contribution >= 4 is 23.5 Å². The van der Waals surface area contributed by atoms with E-state index in [1.165, 1.54) is 24.7 Å². The number of H-pyrrole nitrogens is 1. The van der Waals surface area contributed by atoms with Gasteiger partial charge in [-0.2, -0.15) is 0 Å². The van der Waals surface area contributed by atoms with E-state index >= 15 is 0 Å². The molecule has 1 amide bonds. The number of aliphatic carboxylic acids is 1. The summed E-state index contributed by atoms with van der Waals surface area (Å²) in [6.45, 7) is 3.74. The monoisotopic (exact) mass is 460 g/mol. The minimum absolute atomic E-state index is 0.0398. The van der Waals surface area contributed by atoms with E-state index in [-0.39, 0.29) is 30.0 Å². The van der Waals surface area contributed by atoms with E-state index in [4.69, 9.17) is 5.11 Å². The Morgan fingerprint density at radius 3 is 2.52 bits per heavy atom. The van der Waals surface area contributed by atoms with Crippen molar-refractivity contribution in [3.8, 4) is 0 Å². The molecule has 11 heteroatoms. The highest BCUT2D eigenvalue weighted by Gasteiger charge is 2.30. The third-order valence-corrected chi connectivity index (χ3v) is 5.56. The number of amides is 1. The molecule has 0 fully saturated rings. The summed E-state index contributed by atoms with van der Waals surface area (Å²) >= 11 is 0. The number of hydrogen-bond donors (Lipinski definition) is 4. The third-order valence-electron chi connectivity index (χ3n) is 5.56. The summed E-state index contributed by atoms with van der Waals surface area (Å²) < 4.78 is 0. The van der Waals surface area contributed by atoms with Crippen LogP contribution in [0.4, 0.5) is 5.69 Å². The smallest absolute Gasteiger partial charge is 0.335 e. The topological polar surface area (TPSA) is 176 Å². The molecule has 0 bridgehead atoms. The normalized spacial score (nSPS) is 13.6. The number of aromatic nitrogens is 2. The molecule has 0 saturated heterocycles. The van der Waals surface area contributed by atoms with E-state index in [1.54, 1.807) is 6.92 Å². The molecule has 178 valence electrons. The number of hydrogen-bond acceptors (Lipinski definition) is 6. The highest BCUT2D eigenvalue weighted by molar-refractivity contribution is 5.88. The fourth-order valence-electron chi connectivity index (χ4n) is 3.72. The van der Waals surface area contributed by atoms with Crippen LogP contribution in [0.25, 0.3) is 0 Å². The van der Waals surface area contributed by atoms with Gasteiger partial charge in [0.2, 0.25) is 5.91 Å². The van der Waals surface area contributed by atoms with Crippen LogP contribution < -0.4 is 5.32 Å². The van der Waals surface area contributed by atoms with Gasteiger partial charge in [0, 0.05) is 35.9 Å². The summed E-state index contributed by atoms with van der Waals surface area (Å²) in [5, 5.41) is 32.7. The first-order valence-electron chi connectivity index (χ1n) is 10.6. The first kappa shape index (κ1) is 25.5. The number of imidazole rings is 1. The van der Waals surface area contributed by atoms with Crippen LogP contribution in [0.3, 0.4) is 0 Å². The molecule has 4 N–H and O–H groups in total. The number of nitro groups is 1. The Balaban J connectivity index is 2.22. The van der Waals surface area contributed by atoms with Gasteiger partial charge in [-0.3, -0.25) is 14.9 Å². The van der Waals surface area contributed by atoms with Crippen LogP contribution in [-0.2, 0) is 22.4 Å². The first-order chi connectivity index (χ1) is 15.6. The van der Waals surface area contributed by atoms with Crippen LogP contribution in [0.2, 0.25) is 0 Å². The standard InChI is InChI=1S/C22H28N4O7/c1-3-4-5-17(20(27)25-18(22(30)31)10-16-11-23-12-24-16)13(2)8-14-6-7-15(21(28)29)9-19(14)26(32)33/h6-7,9,11-13,17-18H,3-5,8,10H2,1-2H3,(H,23,24)(H,25,27)(H,28,29)(H,30,31). The Kier molecular flexibility index (Phi) is 9.08. The lowest BCUT2D eigenvalue weighted by atomic mass is 9.83. The molecular weight excluding hydrogens is 432 g/mol. The van der Waals surface area contributed by atoms with Gasteiger partial charge >= 0.3 is 11.9 Å². The van der Waals surface area contributed by atoms with E-state index in [1.807, 2.05) is 6.92 Å². The minimum atomic E-state index is -1.27. The molecule has 2 aromatic rings. The molecule has 1 heterocycles. The SMILES string of the molecule is CCCCC(C(=O)NC(Cc1cnc[nH]1)C(=O)O)C(C)Cc1ccc(C(=O)O)cc1[N+](=O)[O-]. The van der Waals surface area contributed by atoms with Gasteiger partial charge < -0.3 is 20.5 Å². The average molecular weight is 460 g/mol. The van der Waals surface area contributed by atoms with E-state index in [0.717, 1.165) is 18.9 Å². The zero-order valence-corrected chi connectivity index (χ0v) is 18.5. The third kappa shape index (κ3) is 7.13. The molecule has 33 heavy (non-hydrogen) atoms. The van der Waals surface area contributed by atoms with Crippen molar-refractivity contribution in [2.24, 2.45) is 11.8 Å². The molecule has 0 saturated carbocycles. The van der Waals surface area contributed by atoms with Gasteiger partial charge in [0.1, 0.15) is 6.04 Å². The molecule has 1 aromatic heterocycles. The van der Waals surface area contributed by atoms with Gasteiger partial charge in [0.05, 0.1) is 16.8 Å². The summed E-state index contributed by atoms with van der Waals surface area (Å²) in [5.74, 6) is -3.82. The van der Waals surface area contributed by atoms with Crippen LogP contribution in [0, 0.1) is 22.0 Å². The molecular formula is C22H28N4O7. The number of carboxylic acids is 2. The molecule has 2 rings (SSSR count). The van der Waals surface area contributed by atoms with Crippen molar-refractivity contribution in [3.05, 3.63) is 57.7 Å². The Labute approximate surface area is 190 Å². The fraction of sp³-hybridized carbons (Fsp3) is 0.455. The fourth-order valence-corrected chi connectivity index (χ4v) is 3.72. The number of unbranched alkanes of at least 4 members (excludes halogenated alkanes) is 1. The van der Waals surface area contributed by atoms with E-state index in [9.17, 15) is 29.6 Å². The van der Waals surface area contributed by atoms with Crippen molar-refractivity contribution in [2.45, 2.75) is 52.0 Å². The maximum Gasteiger partial charge on any atom is 0.335 e. The number of nitrogens with one attached hydrogen (secondary N) is 2. The number of carbonyl (C=O) groups excluding carboxylic acids is 1. The van der Waals surface area contributed by atoms with Gasteiger partial charge in [0.15, 0.2) is 0 Å². The Morgan fingerprint density at radius 2 is 1.97 bits per heavy atom. The van der Waals surface area contributed by atoms with Crippen LogP contribution in [-0.4, -0.2) is 49.0 Å². The van der Waals surface area contributed by atoms with Gasteiger partial charge in [-0.1, -0.05) is 32.8 Å². The summed E-state index contributed by atoms with van der Waals surface area (Å²) in [6, 6.07) is 2.55. The number of nitro benzene ring substituents is 1. The lowest BCUT2D eigenvalue weighted by Crippen LogP contribution is -2.46. The number of carboxylic acid groups (broad SMARTS) is 2. The predicted molar refractivity (Wildman–Crippen MR) is 118 cm³/mol. The van der Waals surface area contributed by atoms with Crippen molar-refractivity contribution in [3.63, 3.8) is 0 Å². The van der Waals surface area contributed by atoms with E-state index in [0.29, 0.717) is 17.7 Å². The summed E-state index contributed by atoms with van der Waals surface area (Å²) in [6.07, 6.45) is 5.14. The van der Waals surface area contributed by atoms with Gasteiger partial charge in [-0.15, -0.1) is 0 Å². The number of benzene rings is 1. The highest BCUT2D eigenvalue weighted by Crippen LogP contribution is 2.28. The lowest BCUT2D eigenvalue weighted by molar-refractivity contribution is -0.385. The van der Waals surface area contributed by atoms with Crippen molar-refractivity contribution in [1.82, 2.24) is 15.3 Å². The molecule has 3 unspecified atom stereocenters. The summed E-state index contributed by atoms with van der Waals surface area (Å²) in [5.41, 5.74) is 0.370. The van der Waals surface area contributed by atoms with Crippen molar-refractivity contribution in [2.75, 3.05) is 0 Å². The van der Waals surface area contributed by atoms with Crippen molar-refractivity contribution in [1.29, 1.82) is 0 Å². The Hall–Kier alpha value is -3.76. The number of carbonyl (C=O) groups is 3. The molecule has 3 atom stereocenters. The van der Waals surface area contributed by atoms with Gasteiger partial charge in [-0.05, 0) is 24.8 Å². The number of rotatable bonds is 13. The molecule has 0 aliphatic carbocycles. The zero-order valence-electron chi connectivity index (χ0n) is 18.5. The Bertz CT molecular complexity index is 991. The van der Waals surface area contributed by atoms with Crippen LogP contribution in [0.5, 0.6) is 0 Å². The maximum absolute atomic E-state index is 13.1. The number of aromatic amines is 1. The van der Waals surface area contributed by atoms with E-state index < -0.39 is 34.7 Å². The maximum atomic E-state index is 13.1. The lowest BCUT2D eigenvalue weighted by Gasteiger charge is -2.25. The highest BCUT2D eigenvalue weighted by atomic mass is 16.6. The summed E-state index contributed by atoms with van der Waals surface area (Å²) in [4.78, 5) is 53.4. The molecule has 0 radical (unpaired) electrons. The largest absolute Gasteiger partial charge is 0.480 e. The minimum Gasteiger partial charge on any atom is -0.480 e. The molecule has 0 aliphatic heterocycles. The van der Waals surface area contributed by atoms with Gasteiger partial charge in [-0.25, -0.2) is 14.6 Å². The zero-order chi connectivity index (χ0) is 24.5. The second-order valence-electron chi connectivity index (χ2n) is 8.02. The molecule has 1 aromatic carbocycles. The van der Waals surface area contributed by atoms with Crippen molar-refractivity contribution < 1.29 is 29.5 Å². The first-order valence-corrected chi connectivity index (χ1v) is 10.6. The second-order valence-corrected chi connectivity index (χ2v) is 8.02. The molecule has 11 nitrogen and oxygen atoms in total. The van der Waals surface area contributed by atoms with E-state index in [2.05, 4.69) is 15.3 Å². The van der Waals surface area contributed by atoms with Gasteiger partial charge in [0.25, 0.3) is 5.69 Å². The molecule has 0 spiro atoms. The average Bonchev–Trinajstić information content (AvgIpc) is 3.26. The van der Waals surface area contributed by atoms with Crippen LogP contribution in [0.15, 0.2) is 30.7 Å². The number of aromatic carboxylic acids is 1. The Morgan fingerprint density at radius 1 is 1.24 bits per heavy atom. The van der Waals surface area contributed by atoms with Crippen LogP contribution >= 0.6 is 0 Å². The predicted octanol–water partition coefficient (Wildman–Crippen LogP) is 2.81. The van der Waals surface area contributed by atoms with Crippen LogP contribution in [0.1, 0.15) is 54.7 Å².